The summed E-state index contributed by atoms with van der Waals surface area (Å²) in [5.41, 5.74) is 0.500. The summed E-state index contributed by atoms with van der Waals surface area (Å²) in [6.45, 7) is 1.72. The van der Waals surface area contributed by atoms with Crippen LogP contribution in [0.2, 0.25) is 0 Å². The van der Waals surface area contributed by atoms with E-state index < -0.39 is 5.97 Å². The zero-order valence-electron chi connectivity index (χ0n) is 9.47. The lowest BCUT2D eigenvalue weighted by molar-refractivity contribution is 0.0695. The van der Waals surface area contributed by atoms with Crippen LogP contribution in [0, 0.1) is 6.92 Å². The second-order valence-corrected chi connectivity index (χ2v) is 4.51. The van der Waals surface area contributed by atoms with E-state index in [0.717, 1.165) is 0 Å². The number of H-pyrrole nitrogens is 1. The number of nitrogens with one attached hydrogen (secondary N) is 1. The molecule has 2 heterocycles. The molecule has 0 aliphatic heterocycles. The average Bonchev–Trinajstić information content (AvgIpc) is 2.73. The summed E-state index contributed by atoms with van der Waals surface area (Å²) < 4.78 is 5.09. The standard InChI is InChI=1S/C11H10N2O4S/c1-6-4-9(14)13-11(12-6)18-5-8-7(10(15)16)2-3-17-8/h2-4H,5H2,1H3,(H,15,16)(H,12,13,14). The predicted octanol–water partition coefficient (Wildman–Crippen LogP) is 1.66. The molecular formula is C11H10N2O4S. The molecule has 0 bridgehead atoms. The molecule has 0 saturated heterocycles. The van der Waals surface area contributed by atoms with Crippen molar-refractivity contribution in [2.24, 2.45) is 0 Å². The number of hydrogen-bond donors (Lipinski definition) is 2. The number of carboxylic acids is 1. The summed E-state index contributed by atoms with van der Waals surface area (Å²) in [6.07, 6.45) is 1.33. The summed E-state index contributed by atoms with van der Waals surface area (Å²) in [5, 5.41) is 9.33. The molecule has 0 saturated carbocycles. The maximum atomic E-state index is 11.2. The lowest BCUT2D eigenvalue weighted by atomic mass is 10.3. The first-order chi connectivity index (χ1) is 8.56. The first-order valence-electron chi connectivity index (χ1n) is 5.06. The van der Waals surface area contributed by atoms with Gasteiger partial charge in [0.15, 0.2) is 5.16 Å². The van der Waals surface area contributed by atoms with Crippen LogP contribution in [0.3, 0.4) is 0 Å². The molecule has 2 rings (SSSR count). The molecule has 18 heavy (non-hydrogen) atoms. The zero-order chi connectivity index (χ0) is 13.1. The van der Waals surface area contributed by atoms with Crippen molar-refractivity contribution in [3.8, 4) is 0 Å². The van der Waals surface area contributed by atoms with E-state index in [1.165, 1.54) is 30.2 Å². The van der Waals surface area contributed by atoms with Crippen molar-refractivity contribution in [3.05, 3.63) is 45.8 Å². The number of nitrogens with zero attached hydrogens (tertiary/aromatic N) is 1. The summed E-state index contributed by atoms with van der Waals surface area (Å²) in [6, 6.07) is 2.78. The Morgan fingerprint density at radius 2 is 2.39 bits per heavy atom. The van der Waals surface area contributed by atoms with Crippen molar-refractivity contribution in [1.82, 2.24) is 9.97 Å². The highest BCUT2D eigenvalue weighted by atomic mass is 32.2. The highest BCUT2D eigenvalue weighted by Gasteiger charge is 2.13. The van der Waals surface area contributed by atoms with Gasteiger partial charge in [0, 0.05) is 11.8 Å². The lowest BCUT2D eigenvalue weighted by Crippen LogP contribution is -2.08. The smallest absolute Gasteiger partial charge is 0.339 e. The van der Waals surface area contributed by atoms with Gasteiger partial charge in [-0.05, 0) is 13.0 Å². The minimum Gasteiger partial charge on any atom is -0.478 e. The van der Waals surface area contributed by atoms with Crippen molar-refractivity contribution < 1.29 is 14.3 Å². The van der Waals surface area contributed by atoms with E-state index in [2.05, 4.69) is 9.97 Å². The number of carboxylic acid groups (broad SMARTS) is 1. The number of carbonyl (C=O) groups is 1. The number of furan rings is 1. The highest BCUT2D eigenvalue weighted by Crippen LogP contribution is 2.21. The molecule has 0 atom stereocenters. The van der Waals surface area contributed by atoms with Gasteiger partial charge in [0.1, 0.15) is 11.3 Å². The van der Waals surface area contributed by atoms with Gasteiger partial charge in [-0.1, -0.05) is 11.8 Å². The van der Waals surface area contributed by atoms with E-state index in [-0.39, 0.29) is 11.1 Å². The van der Waals surface area contributed by atoms with Crippen molar-refractivity contribution in [1.29, 1.82) is 0 Å². The first-order valence-corrected chi connectivity index (χ1v) is 6.05. The number of rotatable bonds is 4. The molecule has 0 unspecified atom stereocenters. The van der Waals surface area contributed by atoms with Crippen molar-refractivity contribution in [3.63, 3.8) is 0 Å². The summed E-state index contributed by atoms with van der Waals surface area (Å²) in [5.74, 6) is -0.400. The first kappa shape index (κ1) is 12.4. The zero-order valence-corrected chi connectivity index (χ0v) is 10.3. The van der Waals surface area contributed by atoms with E-state index in [0.29, 0.717) is 22.4 Å². The van der Waals surface area contributed by atoms with Gasteiger partial charge in [0.25, 0.3) is 5.56 Å². The Balaban J connectivity index is 2.14. The minimum absolute atomic E-state index is 0.123. The van der Waals surface area contributed by atoms with E-state index in [1.807, 2.05) is 0 Å². The molecule has 7 heteroatoms. The van der Waals surface area contributed by atoms with Gasteiger partial charge in [-0.3, -0.25) is 4.79 Å². The number of aromatic amines is 1. The number of thioether (sulfide) groups is 1. The van der Waals surface area contributed by atoms with Crippen LogP contribution in [0.25, 0.3) is 0 Å². The molecule has 0 fully saturated rings. The Kier molecular flexibility index (Phi) is 3.52. The molecule has 0 aliphatic rings. The quantitative estimate of drug-likeness (QED) is 0.645. The Morgan fingerprint density at radius 1 is 1.61 bits per heavy atom. The second-order valence-electron chi connectivity index (χ2n) is 3.54. The van der Waals surface area contributed by atoms with Crippen LogP contribution in [-0.4, -0.2) is 21.0 Å². The molecule has 0 aromatic carbocycles. The van der Waals surface area contributed by atoms with E-state index in [4.69, 9.17) is 9.52 Å². The molecule has 0 amide bonds. The minimum atomic E-state index is -1.04. The van der Waals surface area contributed by atoms with Crippen LogP contribution in [-0.2, 0) is 5.75 Å². The van der Waals surface area contributed by atoms with Crippen LogP contribution >= 0.6 is 11.8 Å². The highest BCUT2D eigenvalue weighted by molar-refractivity contribution is 7.98. The Morgan fingerprint density at radius 3 is 3.06 bits per heavy atom. The summed E-state index contributed by atoms with van der Waals surface area (Å²) in [7, 11) is 0. The van der Waals surface area contributed by atoms with Crippen LogP contribution in [0.5, 0.6) is 0 Å². The van der Waals surface area contributed by atoms with Gasteiger partial charge in [-0.15, -0.1) is 0 Å². The summed E-state index contributed by atoms with van der Waals surface area (Å²) >= 11 is 1.21. The molecule has 2 aromatic rings. The summed E-state index contributed by atoms with van der Waals surface area (Å²) in [4.78, 5) is 28.8. The van der Waals surface area contributed by atoms with Gasteiger partial charge in [0.05, 0.1) is 12.0 Å². The van der Waals surface area contributed by atoms with Gasteiger partial charge in [-0.25, -0.2) is 9.78 Å². The third kappa shape index (κ3) is 2.80. The Hall–Kier alpha value is -2.02. The second kappa shape index (κ2) is 5.09. The monoisotopic (exact) mass is 266 g/mol. The van der Waals surface area contributed by atoms with Gasteiger partial charge >= 0.3 is 5.97 Å². The SMILES string of the molecule is Cc1cc(=O)[nH]c(SCc2occc2C(=O)O)n1. The van der Waals surface area contributed by atoms with Crippen molar-refractivity contribution >= 4 is 17.7 Å². The van der Waals surface area contributed by atoms with Gasteiger partial charge < -0.3 is 14.5 Å². The third-order valence-corrected chi connectivity index (χ3v) is 3.04. The molecule has 6 nitrogen and oxygen atoms in total. The third-order valence-electron chi connectivity index (χ3n) is 2.16. The Bertz CT molecular complexity index is 632. The Labute approximate surface area is 106 Å². The lowest BCUT2D eigenvalue weighted by Gasteiger charge is -2.00. The molecule has 2 N–H and O–H groups in total. The molecule has 0 radical (unpaired) electrons. The molecule has 0 aliphatic carbocycles. The number of aryl methyl sites for hydroxylation is 1. The normalized spacial score (nSPS) is 10.5. The van der Waals surface area contributed by atoms with E-state index in [1.54, 1.807) is 6.92 Å². The largest absolute Gasteiger partial charge is 0.478 e. The molecule has 2 aromatic heterocycles. The van der Waals surface area contributed by atoms with E-state index in [9.17, 15) is 9.59 Å². The van der Waals surface area contributed by atoms with Gasteiger partial charge in [-0.2, -0.15) is 0 Å². The fourth-order valence-corrected chi connectivity index (χ4v) is 2.27. The van der Waals surface area contributed by atoms with Crippen molar-refractivity contribution in [2.75, 3.05) is 0 Å². The maximum Gasteiger partial charge on any atom is 0.339 e. The van der Waals surface area contributed by atoms with Crippen LogP contribution < -0.4 is 5.56 Å². The predicted molar refractivity (Wildman–Crippen MR) is 64.8 cm³/mol. The number of aromatic carboxylic acids is 1. The fourth-order valence-electron chi connectivity index (χ4n) is 1.40. The molecule has 94 valence electrons. The average molecular weight is 266 g/mol. The van der Waals surface area contributed by atoms with Crippen molar-refractivity contribution in [2.45, 2.75) is 17.8 Å². The van der Waals surface area contributed by atoms with Gasteiger partial charge in [0.2, 0.25) is 0 Å². The maximum absolute atomic E-state index is 11.2. The fraction of sp³-hybridized carbons (Fsp3) is 0.182. The molecule has 0 spiro atoms. The molecular weight excluding hydrogens is 256 g/mol. The van der Waals surface area contributed by atoms with E-state index >= 15 is 0 Å². The van der Waals surface area contributed by atoms with Crippen LogP contribution in [0.1, 0.15) is 21.8 Å². The number of hydrogen-bond acceptors (Lipinski definition) is 5. The topological polar surface area (TPSA) is 96.2 Å². The van der Waals surface area contributed by atoms with Crippen LogP contribution in [0.4, 0.5) is 0 Å². The van der Waals surface area contributed by atoms with Crippen LogP contribution in [0.15, 0.2) is 32.8 Å². The number of aromatic nitrogens is 2.